The first-order chi connectivity index (χ1) is 12.1. The molecule has 122 valence electrons. The van der Waals surface area contributed by atoms with Crippen molar-refractivity contribution in [2.24, 2.45) is 0 Å². The zero-order valence-corrected chi connectivity index (χ0v) is 13.7. The molecule has 25 heavy (non-hydrogen) atoms. The molecular weight excluding hydrogens is 338 g/mol. The van der Waals surface area contributed by atoms with Crippen LogP contribution >= 0.6 is 11.6 Å². The molecule has 0 saturated carbocycles. The van der Waals surface area contributed by atoms with E-state index in [4.69, 9.17) is 11.6 Å². The van der Waals surface area contributed by atoms with Crippen molar-refractivity contribution in [3.63, 3.8) is 0 Å². The Balaban J connectivity index is 2.03. The topological polar surface area (TPSA) is 61.0 Å². The summed E-state index contributed by atoms with van der Waals surface area (Å²) in [6, 6.07) is 22.3. The molecule has 1 heterocycles. The fourth-order valence-electron chi connectivity index (χ4n) is 2.85. The largest absolute Gasteiger partial charge is 0.292 e. The van der Waals surface area contributed by atoms with Crippen LogP contribution in [0.2, 0.25) is 5.02 Å². The molecule has 0 fully saturated rings. The first-order valence-corrected chi connectivity index (χ1v) is 8.00. The van der Waals surface area contributed by atoms with Gasteiger partial charge in [0.15, 0.2) is 0 Å². The summed E-state index contributed by atoms with van der Waals surface area (Å²) in [7, 11) is 0. The third-order valence-corrected chi connectivity index (χ3v) is 4.30. The van der Waals surface area contributed by atoms with Crippen LogP contribution in [0, 0.1) is 10.1 Å². The number of nitrogens with zero attached hydrogens (tertiary/aromatic N) is 3. The molecule has 0 amide bonds. The Hall–Kier alpha value is -3.18. The maximum absolute atomic E-state index is 11.2. The smallest absolute Gasteiger partial charge is 0.288 e. The summed E-state index contributed by atoms with van der Waals surface area (Å²) < 4.78 is 1.99. The van der Waals surface area contributed by atoms with Gasteiger partial charge in [-0.3, -0.25) is 14.7 Å². The molecule has 0 aliphatic heterocycles. The Morgan fingerprint density at radius 1 is 0.960 bits per heavy atom. The molecule has 6 heteroatoms. The van der Waals surface area contributed by atoms with E-state index in [0.29, 0.717) is 11.4 Å². The van der Waals surface area contributed by atoms with Crippen molar-refractivity contribution >= 4 is 28.3 Å². The van der Waals surface area contributed by atoms with Gasteiger partial charge in [0.25, 0.3) is 5.69 Å². The van der Waals surface area contributed by atoms with Gasteiger partial charge in [-0.2, -0.15) is 0 Å². The number of fused-ring (bicyclic) bond motifs is 1. The molecule has 0 unspecified atom stereocenters. The summed E-state index contributed by atoms with van der Waals surface area (Å²) in [5.41, 5.74) is 3.19. The minimum Gasteiger partial charge on any atom is -0.292 e. The van der Waals surface area contributed by atoms with Crippen LogP contribution in [-0.2, 0) is 0 Å². The first kappa shape index (κ1) is 15.4. The second-order valence-corrected chi connectivity index (χ2v) is 5.93. The number of benzene rings is 3. The predicted octanol–water partition coefficient (Wildman–Crippen LogP) is 5.25. The van der Waals surface area contributed by atoms with Crippen molar-refractivity contribution in [3.05, 3.63) is 87.9 Å². The van der Waals surface area contributed by atoms with Crippen molar-refractivity contribution in [3.8, 4) is 17.1 Å². The van der Waals surface area contributed by atoms with Gasteiger partial charge >= 0.3 is 0 Å². The lowest BCUT2D eigenvalue weighted by atomic mass is 10.2. The highest BCUT2D eigenvalue weighted by Crippen LogP contribution is 2.33. The summed E-state index contributed by atoms with van der Waals surface area (Å²) in [5, 5.41) is 11.3. The molecule has 0 aliphatic rings. The molecule has 4 rings (SSSR count). The molecule has 4 aromatic rings. The third kappa shape index (κ3) is 2.64. The Labute approximate surface area is 148 Å². The van der Waals surface area contributed by atoms with E-state index in [1.54, 1.807) is 6.07 Å². The fourth-order valence-corrected chi connectivity index (χ4v) is 3.04. The fraction of sp³-hybridized carbons (Fsp3) is 0. The zero-order valence-electron chi connectivity index (χ0n) is 13.0. The van der Waals surface area contributed by atoms with E-state index < -0.39 is 4.92 Å². The second-order valence-electron chi connectivity index (χ2n) is 5.52. The highest BCUT2D eigenvalue weighted by Gasteiger charge is 2.18. The number of hydrogen-bond acceptors (Lipinski definition) is 3. The van der Waals surface area contributed by atoms with E-state index in [9.17, 15) is 10.1 Å². The van der Waals surface area contributed by atoms with Crippen LogP contribution in [0.15, 0.2) is 72.8 Å². The van der Waals surface area contributed by atoms with E-state index in [-0.39, 0.29) is 10.7 Å². The summed E-state index contributed by atoms with van der Waals surface area (Å²) in [4.78, 5) is 15.4. The monoisotopic (exact) mass is 349 g/mol. The van der Waals surface area contributed by atoms with Crippen LogP contribution in [0.1, 0.15) is 0 Å². The van der Waals surface area contributed by atoms with E-state index in [0.717, 1.165) is 16.7 Å². The SMILES string of the molecule is O=[N+]([O-])c1cc(-c2nc3ccccc3n2-c2ccccc2)ccc1Cl. The van der Waals surface area contributed by atoms with Crippen LogP contribution < -0.4 is 0 Å². The number of nitro benzene ring substituents is 1. The molecule has 3 aromatic carbocycles. The molecule has 0 saturated heterocycles. The van der Waals surface area contributed by atoms with Crippen LogP contribution in [0.3, 0.4) is 0 Å². The first-order valence-electron chi connectivity index (χ1n) is 7.62. The normalized spacial score (nSPS) is 10.9. The van der Waals surface area contributed by atoms with Crippen molar-refractivity contribution in [1.29, 1.82) is 0 Å². The standard InChI is InChI=1S/C19H12ClN3O2/c20-15-11-10-13(12-18(15)23(24)25)19-21-16-8-4-5-9-17(16)22(19)14-6-2-1-3-7-14/h1-12H. The van der Waals surface area contributed by atoms with E-state index in [1.165, 1.54) is 12.1 Å². The van der Waals surface area contributed by atoms with Gasteiger partial charge in [0.1, 0.15) is 10.8 Å². The summed E-state index contributed by atoms with van der Waals surface area (Å²) in [6.45, 7) is 0. The van der Waals surface area contributed by atoms with Crippen molar-refractivity contribution in [2.45, 2.75) is 0 Å². The van der Waals surface area contributed by atoms with E-state index in [1.807, 2.05) is 59.2 Å². The zero-order chi connectivity index (χ0) is 17.4. The Morgan fingerprint density at radius 3 is 2.44 bits per heavy atom. The quantitative estimate of drug-likeness (QED) is 0.374. The lowest BCUT2D eigenvalue weighted by Gasteiger charge is -2.09. The van der Waals surface area contributed by atoms with Gasteiger partial charge in [0, 0.05) is 17.3 Å². The maximum Gasteiger partial charge on any atom is 0.288 e. The van der Waals surface area contributed by atoms with E-state index >= 15 is 0 Å². The number of nitro groups is 1. The highest BCUT2D eigenvalue weighted by atomic mass is 35.5. The van der Waals surface area contributed by atoms with Crippen molar-refractivity contribution in [2.75, 3.05) is 0 Å². The number of para-hydroxylation sites is 3. The maximum atomic E-state index is 11.2. The van der Waals surface area contributed by atoms with Gasteiger partial charge < -0.3 is 0 Å². The van der Waals surface area contributed by atoms with Gasteiger partial charge in [-0.15, -0.1) is 0 Å². The lowest BCUT2D eigenvalue weighted by Crippen LogP contribution is -1.98. The molecule has 0 radical (unpaired) electrons. The van der Waals surface area contributed by atoms with Crippen LogP contribution in [-0.4, -0.2) is 14.5 Å². The van der Waals surface area contributed by atoms with Crippen LogP contribution in [0.4, 0.5) is 5.69 Å². The average Bonchev–Trinajstić information content (AvgIpc) is 3.02. The average molecular weight is 350 g/mol. The van der Waals surface area contributed by atoms with Gasteiger partial charge in [0.05, 0.1) is 16.0 Å². The van der Waals surface area contributed by atoms with Gasteiger partial charge in [-0.25, -0.2) is 4.98 Å². The molecule has 0 aliphatic carbocycles. The minimum atomic E-state index is -0.485. The van der Waals surface area contributed by atoms with E-state index in [2.05, 4.69) is 4.98 Å². The van der Waals surface area contributed by atoms with Crippen molar-refractivity contribution in [1.82, 2.24) is 9.55 Å². The van der Waals surface area contributed by atoms with Crippen molar-refractivity contribution < 1.29 is 4.92 Å². The Kier molecular flexibility index (Phi) is 3.71. The molecule has 5 nitrogen and oxygen atoms in total. The number of imidazole rings is 1. The molecule has 1 aromatic heterocycles. The highest BCUT2D eigenvalue weighted by molar-refractivity contribution is 6.32. The number of aromatic nitrogens is 2. The Morgan fingerprint density at radius 2 is 1.68 bits per heavy atom. The summed E-state index contributed by atoms with van der Waals surface area (Å²) in [6.07, 6.45) is 0. The molecular formula is C19H12ClN3O2. The molecule has 0 N–H and O–H groups in total. The summed E-state index contributed by atoms with van der Waals surface area (Å²) in [5.74, 6) is 0.632. The Bertz CT molecular complexity index is 1090. The third-order valence-electron chi connectivity index (χ3n) is 3.98. The van der Waals surface area contributed by atoms with Crippen LogP contribution in [0.25, 0.3) is 28.1 Å². The van der Waals surface area contributed by atoms with Gasteiger partial charge in [0.2, 0.25) is 0 Å². The number of rotatable bonds is 3. The summed E-state index contributed by atoms with van der Waals surface area (Å²) >= 11 is 5.95. The predicted molar refractivity (Wildman–Crippen MR) is 98.2 cm³/mol. The number of hydrogen-bond donors (Lipinski definition) is 0. The lowest BCUT2D eigenvalue weighted by molar-refractivity contribution is -0.384. The second kappa shape index (κ2) is 6.03. The van der Waals surface area contributed by atoms with Crippen LogP contribution in [0.5, 0.6) is 0 Å². The molecule has 0 atom stereocenters. The minimum absolute atomic E-state index is 0.108. The molecule has 0 spiro atoms. The van der Waals surface area contributed by atoms with Gasteiger partial charge in [-0.1, -0.05) is 41.9 Å². The number of halogens is 1. The van der Waals surface area contributed by atoms with Gasteiger partial charge in [-0.05, 0) is 36.4 Å². The molecule has 0 bridgehead atoms.